The van der Waals surface area contributed by atoms with E-state index in [9.17, 15) is 9.00 Å². The maximum atomic E-state index is 11.9. The Kier molecular flexibility index (Phi) is 3.76. The molecule has 0 saturated carbocycles. The summed E-state index contributed by atoms with van der Waals surface area (Å²) in [6.45, 7) is 0. The van der Waals surface area contributed by atoms with Crippen LogP contribution in [0.25, 0.3) is 10.8 Å². The van der Waals surface area contributed by atoms with E-state index in [1.54, 1.807) is 6.07 Å². The minimum atomic E-state index is -1.57. The Morgan fingerprint density at radius 1 is 1.18 bits per heavy atom. The number of amides is 1. The summed E-state index contributed by atoms with van der Waals surface area (Å²) in [5.41, 5.74) is 0. The molecule has 0 bridgehead atoms. The zero-order valence-electron chi connectivity index (χ0n) is 8.85. The molecule has 0 fully saturated rings. The van der Waals surface area contributed by atoms with Gasteiger partial charge < -0.3 is 0 Å². The second kappa shape index (κ2) is 5.29. The molecule has 0 aliphatic carbocycles. The summed E-state index contributed by atoms with van der Waals surface area (Å²) in [5, 5.41) is 1.85. The van der Waals surface area contributed by atoms with Crippen LogP contribution in [0, 0.1) is 0 Å². The average molecular weight is 268 g/mol. The SMILES string of the molecule is O=C(CCl)NS(=O)c1cccc2ccccc12. The van der Waals surface area contributed by atoms with Crippen molar-refractivity contribution in [2.24, 2.45) is 0 Å². The van der Waals surface area contributed by atoms with Crippen LogP contribution in [0.15, 0.2) is 47.4 Å². The highest BCUT2D eigenvalue weighted by atomic mass is 35.5. The molecule has 5 heteroatoms. The van der Waals surface area contributed by atoms with E-state index in [0.29, 0.717) is 4.90 Å². The fraction of sp³-hybridized carbons (Fsp3) is 0.0833. The van der Waals surface area contributed by atoms with E-state index in [4.69, 9.17) is 11.6 Å². The number of carbonyl (C=O) groups is 1. The van der Waals surface area contributed by atoms with E-state index in [2.05, 4.69) is 4.72 Å². The summed E-state index contributed by atoms with van der Waals surface area (Å²) in [6, 6.07) is 13.0. The van der Waals surface area contributed by atoms with E-state index in [-0.39, 0.29) is 5.88 Å². The Morgan fingerprint density at radius 2 is 1.88 bits per heavy atom. The zero-order chi connectivity index (χ0) is 12.3. The highest BCUT2D eigenvalue weighted by Gasteiger charge is 2.10. The van der Waals surface area contributed by atoms with Crippen LogP contribution in [0.2, 0.25) is 0 Å². The van der Waals surface area contributed by atoms with Crippen molar-refractivity contribution in [3.05, 3.63) is 42.5 Å². The number of fused-ring (bicyclic) bond motifs is 1. The van der Waals surface area contributed by atoms with E-state index in [1.807, 2.05) is 36.4 Å². The van der Waals surface area contributed by atoms with Crippen molar-refractivity contribution in [1.29, 1.82) is 0 Å². The molecule has 17 heavy (non-hydrogen) atoms. The second-order valence-corrected chi connectivity index (χ2v) is 4.85. The monoisotopic (exact) mass is 267 g/mol. The fourth-order valence-corrected chi connectivity index (χ4v) is 2.67. The van der Waals surface area contributed by atoms with Gasteiger partial charge in [-0.3, -0.25) is 9.52 Å². The number of carbonyl (C=O) groups excluding carboxylic acids is 1. The number of hydrogen-bond acceptors (Lipinski definition) is 2. The van der Waals surface area contributed by atoms with E-state index >= 15 is 0 Å². The number of benzene rings is 2. The summed E-state index contributed by atoms with van der Waals surface area (Å²) in [6.07, 6.45) is 0. The Balaban J connectivity index is 2.41. The Labute approximate surface area is 106 Å². The Morgan fingerprint density at radius 3 is 2.65 bits per heavy atom. The number of halogens is 1. The van der Waals surface area contributed by atoms with Crippen LogP contribution in [0.3, 0.4) is 0 Å². The molecule has 0 saturated heterocycles. The van der Waals surface area contributed by atoms with Gasteiger partial charge in [-0.2, -0.15) is 0 Å². The molecule has 2 aromatic carbocycles. The lowest BCUT2D eigenvalue weighted by Gasteiger charge is -2.06. The highest BCUT2D eigenvalue weighted by molar-refractivity contribution is 7.84. The van der Waals surface area contributed by atoms with Crippen LogP contribution in [-0.2, 0) is 15.8 Å². The molecule has 0 aliphatic heterocycles. The summed E-state index contributed by atoms with van der Waals surface area (Å²) in [4.78, 5) is 11.7. The van der Waals surface area contributed by atoms with Crippen LogP contribution in [0.4, 0.5) is 0 Å². The number of nitrogens with one attached hydrogen (secondary N) is 1. The normalized spacial score (nSPS) is 12.3. The number of rotatable bonds is 3. The van der Waals surface area contributed by atoms with Gasteiger partial charge in [0.25, 0.3) is 0 Å². The van der Waals surface area contributed by atoms with Gasteiger partial charge in [-0.25, -0.2) is 4.21 Å². The average Bonchev–Trinajstić information content (AvgIpc) is 2.37. The molecule has 2 rings (SSSR count). The van der Waals surface area contributed by atoms with Crippen LogP contribution < -0.4 is 4.72 Å². The molecule has 1 atom stereocenters. The van der Waals surface area contributed by atoms with Crippen LogP contribution >= 0.6 is 11.6 Å². The van der Waals surface area contributed by atoms with Crippen molar-refractivity contribution in [3.8, 4) is 0 Å². The first-order valence-corrected chi connectivity index (χ1v) is 6.66. The van der Waals surface area contributed by atoms with Crippen molar-refractivity contribution >= 4 is 39.3 Å². The quantitative estimate of drug-likeness (QED) is 0.867. The maximum Gasteiger partial charge on any atom is 0.246 e. The molecular weight excluding hydrogens is 258 g/mol. The Bertz CT molecular complexity index is 580. The van der Waals surface area contributed by atoms with Gasteiger partial charge in [0, 0.05) is 0 Å². The molecular formula is C12H10ClNO2S. The molecule has 3 nitrogen and oxygen atoms in total. The van der Waals surface area contributed by atoms with Gasteiger partial charge in [0.2, 0.25) is 5.91 Å². The minimum absolute atomic E-state index is 0.198. The van der Waals surface area contributed by atoms with Crippen LogP contribution in [-0.4, -0.2) is 16.0 Å². The smallest absolute Gasteiger partial charge is 0.246 e. The van der Waals surface area contributed by atoms with E-state index in [1.165, 1.54) is 0 Å². The summed E-state index contributed by atoms with van der Waals surface area (Å²) < 4.78 is 14.3. The third-order valence-electron chi connectivity index (χ3n) is 2.28. The lowest BCUT2D eigenvalue weighted by Crippen LogP contribution is -2.26. The van der Waals surface area contributed by atoms with Gasteiger partial charge in [-0.05, 0) is 16.8 Å². The fourth-order valence-electron chi connectivity index (χ4n) is 1.54. The van der Waals surface area contributed by atoms with Gasteiger partial charge in [-0.15, -0.1) is 11.6 Å². The molecule has 0 spiro atoms. The largest absolute Gasteiger partial charge is 0.273 e. The molecule has 1 N–H and O–H groups in total. The molecule has 2 aromatic rings. The van der Waals surface area contributed by atoms with Crippen molar-refractivity contribution in [3.63, 3.8) is 0 Å². The van der Waals surface area contributed by atoms with Gasteiger partial charge in [0.1, 0.15) is 5.88 Å². The zero-order valence-corrected chi connectivity index (χ0v) is 10.4. The molecule has 0 heterocycles. The van der Waals surface area contributed by atoms with Gasteiger partial charge in [-0.1, -0.05) is 36.4 Å². The van der Waals surface area contributed by atoms with Crippen molar-refractivity contribution in [1.82, 2.24) is 4.72 Å². The van der Waals surface area contributed by atoms with E-state index in [0.717, 1.165) is 10.8 Å². The summed E-state index contributed by atoms with van der Waals surface area (Å²) in [5.74, 6) is -0.644. The predicted molar refractivity (Wildman–Crippen MR) is 69.2 cm³/mol. The predicted octanol–water partition coefficient (Wildman–Crippen LogP) is 2.22. The maximum absolute atomic E-state index is 11.9. The molecule has 0 radical (unpaired) electrons. The third kappa shape index (κ3) is 2.65. The first-order valence-electron chi connectivity index (χ1n) is 4.97. The Hall–Kier alpha value is -1.39. The van der Waals surface area contributed by atoms with Gasteiger partial charge >= 0.3 is 0 Å². The van der Waals surface area contributed by atoms with Crippen molar-refractivity contribution in [2.75, 3.05) is 5.88 Å². The molecule has 0 aliphatic rings. The first kappa shape index (κ1) is 12.1. The molecule has 0 aromatic heterocycles. The summed E-state index contributed by atoms with van der Waals surface area (Å²) >= 11 is 5.36. The summed E-state index contributed by atoms with van der Waals surface area (Å²) in [7, 11) is -1.57. The first-order chi connectivity index (χ1) is 8.22. The lowest BCUT2D eigenvalue weighted by atomic mass is 10.1. The van der Waals surface area contributed by atoms with E-state index < -0.39 is 16.9 Å². The minimum Gasteiger partial charge on any atom is -0.273 e. The topological polar surface area (TPSA) is 46.2 Å². The van der Waals surface area contributed by atoms with Crippen LogP contribution in [0.1, 0.15) is 0 Å². The lowest BCUT2D eigenvalue weighted by molar-refractivity contribution is -0.116. The van der Waals surface area contributed by atoms with Gasteiger partial charge in [0.15, 0.2) is 11.0 Å². The number of hydrogen-bond donors (Lipinski definition) is 1. The molecule has 1 unspecified atom stereocenters. The van der Waals surface area contributed by atoms with Crippen LogP contribution in [0.5, 0.6) is 0 Å². The second-order valence-electron chi connectivity index (χ2n) is 3.40. The third-order valence-corrected chi connectivity index (χ3v) is 3.69. The molecule has 88 valence electrons. The van der Waals surface area contributed by atoms with Crippen molar-refractivity contribution in [2.45, 2.75) is 4.90 Å². The van der Waals surface area contributed by atoms with Crippen molar-refractivity contribution < 1.29 is 9.00 Å². The standard InChI is InChI=1S/C12H10ClNO2S/c13-8-12(15)14-17(16)11-7-3-5-9-4-1-2-6-10(9)11/h1-7H,8H2,(H,14,15). The van der Waals surface area contributed by atoms with Gasteiger partial charge in [0.05, 0.1) is 4.90 Å². The molecule has 1 amide bonds. The highest BCUT2D eigenvalue weighted by Crippen LogP contribution is 2.20. The number of alkyl halides is 1.